The number of hydrogen-bond donors (Lipinski definition) is 0. The fourth-order valence-electron chi connectivity index (χ4n) is 13.8. The van der Waals surface area contributed by atoms with Gasteiger partial charge in [0.1, 0.15) is 0 Å². The highest BCUT2D eigenvalue weighted by atomic mass is 15.2. The van der Waals surface area contributed by atoms with E-state index in [-0.39, 0.29) is 21.7 Å². The van der Waals surface area contributed by atoms with Crippen LogP contribution in [0.4, 0.5) is 5.69 Å². The maximum atomic E-state index is 2.75. The molecule has 2 aliphatic carbocycles. The lowest BCUT2D eigenvalue weighted by Crippen LogP contribution is -2.43. The molecule has 1 aromatic heterocycles. The number of anilines is 1. The molecule has 1 unspecified atom stereocenters. The second kappa shape index (κ2) is 10.4. The van der Waals surface area contributed by atoms with Crippen LogP contribution in [0, 0.1) is 5.92 Å². The maximum absolute atomic E-state index is 2.75. The summed E-state index contributed by atoms with van der Waals surface area (Å²) in [6, 6.07) is 38.4. The third-order valence-electron chi connectivity index (χ3n) is 16.9. The summed E-state index contributed by atoms with van der Waals surface area (Å²) in [4.78, 5) is 2.75. The predicted molar refractivity (Wildman–Crippen MR) is 251 cm³/mol. The Morgan fingerprint density at radius 2 is 1.05 bits per heavy atom. The molecule has 60 heavy (non-hydrogen) atoms. The molecule has 0 bridgehead atoms. The van der Waals surface area contributed by atoms with Crippen LogP contribution in [-0.4, -0.2) is 4.57 Å². The highest BCUT2D eigenvalue weighted by Gasteiger charge is 2.55. The molecule has 2 heteroatoms. The van der Waals surface area contributed by atoms with Gasteiger partial charge in [0.2, 0.25) is 0 Å². The van der Waals surface area contributed by atoms with Gasteiger partial charge < -0.3 is 9.47 Å². The SMILES string of the molecule is CC1(C)C2=CCCC3=C2N2C4=C(C=CCC34)C(C)(C)c3cc(-c4cccc5c(-c6cc7c8c(c6)C(C)(C)c6cccc9c%10cccc(c%10n-8c69)C7(C)C)cccc45)cc1c32. The number of aromatic nitrogens is 1. The summed E-state index contributed by atoms with van der Waals surface area (Å²) in [5.41, 5.74) is 26.8. The lowest BCUT2D eigenvalue weighted by Gasteiger charge is -2.51. The van der Waals surface area contributed by atoms with E-state index in [0.717, 1.165) is 12.8 Å². The van der Waals surface area contributed by atoms with Crippen LogP contribution in [0.2, 0.25) is 0 Å². The monoisotopic (exact) mass is 774 g/mol. The van der Waals surface area contributed by atoms with Gasteiger partial charge in [-0.25, -0.2) is 0 Å². The highest BCUT2D eigenvalue weighted by Crippen LogP contribution is 2.65. The van der Waals surface area contributed by atoms with Crippen molar-refractivity contribution < 1.29 is 0 Å². The Labute approximate surface area is 353 Å². The van der Waals surface area contributed by atoms with Gasteiger partial charge >= 0.3 is 0 Å². The van der Waals surface area contributed by atoms with Crippen LogP contribution in [0.1, 0.15) is 108 Å². The summed E-state index contributed by atoms with van der Waals surface area (Å²) < 4.78 is 2.64. The zero-order valence-electron chi connectivity index (χ0n) is 36.1. The van der Waals surface area contributed by atoms with Crippen LogP contribution in [-0.2, 0) is 21.7 Å². The molecule has 7 aromatic rings. The molecular weight excluding hydrogens is 725 g/mol. The Morgan fingerprint density at radius 3 is 1.63 bits per heavy atom. The van der Waals surface area contributed by atoms with Gasteiger partial charge in [-0.2, -0.15) is 0 Å². The van der Waals surface area contributed by atoms with Gasteiger partial charge in [0.25, 0.3) is 0 Å². The van der Waals surface area contributed by atoms with Gasteiger partial charge in [0, 0.05) is 49.7 Å². The molecule has 0 amide bonds. The summed E-state index contributed by atoms with van der Waals surface area (Å²) >= 11 is 0. The van der Waals surface area contributed by atoms with Crippen LogP contribution in [0.5, 0.6) is 0 Å². The minimum atomic E-state index is -0.167. The van der Waals surface area contributed by atoms with Crippen molar-refractivity contribution in [2.24, 2.45) is 5.92 Å². The quantitative estimate of drug-likeness (QED) is 0.170. The van der Waals surface area contributed by atoms with E-state index in [0.29, 0.717) is 5.92 Å². The van der Waals surface area contributed by atoms with Crippen molar-refractivity contribution in [1.29, 1.82) is 0 Å². The predicted octanol–water partition coefficient (Wildman–Crippen LogP) is 14.8. The molecule has 0 N–H and O–H groups in total. The van der Waals surface area contributed by atoms with Crippen molar-refractivity contribution in [3.8, 4) is 27.9 Å². The average Bonchev–Trinajstić information content (AvgIpc) is 3.77. The second-order valence-corrected chi connectivity index (χ2v) is 21.1. The van der Waals surface area contributed by atoms with Crippen molar-refractivity contribution in [3.05, 3.63) is 177 Å². The first-order chi connectivity index (χ1) is 28.8. The van der Waals surface area contributed by atoms with E-state index < -0.39 is 0 Å². The van der Waals surface area contributed by atoms with E-state index in [1.807, 2.05) is 0 Å². The van der Waals surface area contributed by atoms with Gasteiger partial charge in [-0.1, -0.05) is 146 Å². The lowest BCUT2D eigenvalue weighted by atomic mass is 9.64. The third-order valence-corrected chi connectivity index (χ3v) is 16.9. The van der Waals surface area contributed by atoms with Crippen LogP contribution in [0.3, 0.4) is 0 Å². The van der Waals surface area contributed by atoms with E-state index >= 15 is 0 Å². The molecular formula is C58H50N2. The van der Waals surface area contributed by atoms with Crippen molar-refractivity contribution in [2.45, 2.75) is 96.3 Å². The fourth-order valence-corrected chi connectivity index (χ4v) is 13.8. The lowest BCUT2D eigenvalue weighted by molar-refractivity contribution is 0.562. The van der Waals surface area contributed by atoms with E-state index in [9.17, 15) is 0 Å². The largest absolute Gasteiger partial charge is 0.312 e. The normalized spacial score (nSPS) is 22.0. The van der Waals surface area contributed by atoms with Gasteiger partial charge in [0.05, 0.1) is 22.4 Å². The molecule has 0 saturated heterocycles. The first kappa shape index (κ1) is 33.9. The molecule has 0 saturated carbocycles. The Bertz CT molecular complexity index is 3300. The number of hydrogen-bond acceptors (Lipinski definition) is 1. The Hall–Kier alpha value is -5.86. The first-order valence-corrected chi connectivity index (χ1v) is 22.4. The van der Waals surface area contributed by atoms with E-state index in [2.05, 4.69) is 180 Å². The summed E-state index contributed by atoms with van der Waals surface area (Å²) in [6.45, 7) is 19.8. The van der Waals surface area contributed by atoms with E-state index in [1.165, 1.54) is 123 Å². The summed E-state index contributed by atoms with van der Waals surface area (Å²) in [7, 11) is 0. The molecule has 1 atom stereocenters. The molecule has 0 fully saturated rings. The minimum absolute atomic E-state index is 0.0966. The Balaban J connectivity index is 1.01. The van der Waals surface area contributed by atoms with Crippen LogP contribution < -0.4 is 4.90 Å². The fraction of sp³-hybridized carbons (Fsp3) is 0.276. The molecule has 6 aromatic carbocycles. The topological polar surface area (TPSA) is 8.17 Å². The van der Waals surface area contributed by atoms with Gasteiger partial charge in [0.15, 0.2) is 0 Å². The van der Waals surface area contributed by atoms with Gasteiger partial charge in [-0.3, -0.25) is 0 Å². The third kappa shape index (κ3) is 3.62. The molecule has 0 spiro atoms. The van der Waals surface area contributed by atoms with Crippen molar-refractivity contribution in [1.82, 2.24) is 4.57 Å². The molecule has 6 heterocycles. The van der Waals surface area contributed by atoms with Crippen molar-refractivity contribution in [3.63, 3.8) is 0 Å². The number of fused-ring (bicyclic) bond motifs is 3. The molecule has 2 nitrogen and oxygen atoms in total. The molecule has 14 rings (SSSR count). The highest BCUT2D eigenvalue weighted by molar-refractivity contribution is 6.14. The zero-order chi connectivity index (χ0) is 40.6. The van der Waals surface area contributed by atoms with Crippen LogP contribution in [0.25, 0.3) is 60.5 Å². The number of allylic oxidation sites excluding steroid dienone is 6. The summed E-state index contributed by atoms with van der Waals surface area (Å²) in [5, 5.41) is 5.37. The van der Waals surface area contributed by atoms with E-state index in [4.69, 9.17) is 0 Å². The number of nitrogens with zero attached hydrogens (tertiary/aromatic N) is 2. The number of para-hydroxylation sites is 2. The van der Waals surface area contributed by atoms with Gasteiger partial charge in [-0.05, 0) is 127 Å². The van der Waals surface area contributed by atoms with E-state index in [1.54, 1.807) is 11.3 Å². The summed E-state index contributed by atoms with van der Waals surface area (Å²) in [6.07, 6.45) is 11.0. The van der Waals surface area contributed by atoms with Crippen LogP contribution in [0.15, 0.2) is 143 Å². The van der Waals surface area contributed by atoms with Gasteiger partial charge in [-0.15, -0.1) is 0 Å². The van der Waals surface area contributed by atoms with Crippen LogP contribution >= 0.6 is 0 Å². The number of benzene rings is 6. The average molecular weight is 775 g/mol. The Kier molecular flexibility index (Phi) is 5.85. The molecule has 7 aliphatic rings. The second-order valence-electron chi connectivity index (χ2n) is 21.1. The number of rotatable bonds is 2. The summed E-state index contributed by atoms with van der Waals surface area (Å²) in [5.74, 6) is 0.512. The molecule has 5 aliphatic heterocycles. The first-order valence-electron chi connectivity index (χ1n) is 22.4. The maximum Gasteiger partial charge on any atom is 0.0582 e. The Morgan fingerprint density at radius 1 is 0.533 bits per heavy atom. The standard InChI is InChI=1S/C58H50N2/c1-55(2)41-23-11-19-37-38-20-12-24-42-50(38)59(49(37)41)53-45(55)27-31(28-46(53)56(42,3)4)33-15-9-18-36-34(16-10-17-35(33)36)32-29-47-54-48(30-32)58(7,8)44-26-14-22-40-39-21-13-25-43(57(47,5)6)51(39)60(54)52(40)44/h9-13,15-20,23-30,39H,14,21-22H2,1-8H3. The zero-order valence-corrected chi connectivity index (χ0v) is 36.1. The van der Waals surface area contributed by atoms with Crippen molar-refractivity contribution in [2.75, 3.05) is 4.90 Å². The molecule has 0 radical (unpaired) electrons. The molecule has 292 valence electrons. The van der Waals surface area contributed by atoms with Crippen molar-refractivity contribution >= 4 is 38.3 Å². The smallest absolute Gasteiger partial charge is 0.0582 e. The minimum Gasteiger partial charge on any atom is -0.312 e.